The Morgan fingerprint density at radius 1 is 0.789 bits per heavy atom. The molecule has 0 fully saturated rings. The van der Waals surface area contributed by atoms with Crippen molar-refractivity contribution in [2.24, 2.45) is 0 Å². The fourth-order valence-electron chi connectivity index (χ4n) is 2.11. The van der Waals surface area contributed by atoms with Crippen molar-refractivity contribution >= 4 is 11.8 Å². The Balaban J connectivity index is 2.17. The Hall–Kier alpha value is -1.93. The van der Waals surface area contributed by atoms with E-state index in [4.69, 9.17) is 4.42 Å². The normalized spacial score (nSPS) is 10.6. The monoisotopic (exact) mass is 266 g/mol. The average Bonchev–Trinajstić information content (AvgIpc) is 2.93. The predicted octanol–water partition coefficient (Wildman–Crippen LogP) is 5.34. The Morgan fingerprint density at radius 2 is 1.37 bits per heavy atom. The highest BCUT2D eigenvalue weighted by molar-refractivity contribution is 7.98. The van der Waals surface area contributed by atoms with Gasteiger partial charge < -0.3 is 4.42 Å². The van der Waals surface area contributed by atoms with Crippen molar-refractivity contribution in [3.8, 4) is 22.5 Å². The highest BCUT2D eigenvalue weighted by atomic mass is 32.2. The molecule has 0 saturated carbocycles. The van der Waals surface area contributed by atoms with Crippen LogP contribution in [-0.4, -0.2) is 6.26 Å². The van der Waals surface area contributed by atoms with E-state index in [1.54, 1.807) is 11.8 Å². The first-order valence-electron chi connectivity index (χ1n) is 6.17. The van der Waals surface area contributed by atoms with Crippen molar-refractivity contribution in [3.63, 3.8) is 0 Å². The summed E-state index contributed by atoms with van der Waals surface area (Å²) in [7, 11) is 0. The zero-order valence-corrected chi connectivity index (χ0v) is 11.5. The minimum atomic E-state index is 0.941. The summed E-state index contributed by atoms with van der Waals surface area (Å²) >= 11 is 1.63. The SMILES string of the molecule is CSc1cc(-c2ccccc2)c(-c2ccccc2)o1. The summed E-state index contributed by atoms with van der Waals surface area (Å²) in [5, 5.41) is 0.942. The fraction of sp³-hybridized carbons (Fsp3) is 0.0588. The zero-order valence-electron chi connectivity index (χ0n) is 10.7. The van der Waals surface area contributed by atoms with Crippen LogP contribution in [0, 0.1) is 0 Å². The topological polar surface area (TPSA) is 13.1 Å². The van der Waals surface area contributed by atoms with Crippen molar-refractivity contribution < 1.29 is 4.42 Å². The minimum absolute atomic E-state index is 0.941. The van der Waals surface area contributed by atoms with Gasteiger partial charge in [-0.2, -0.15) is 0 Å². The molecule has 2 aromatic carbocycles. The van der Waals surface area contributed by atoms with Crippen molar-refractivity contribution in [2.75, 3.05) is 6.26 Å². The molecule has 1 aromatic heterocycles. The second-order valence-corrected chi connectivity index (χ2v) is 5.06. The maximum Gasteiger partial charge on any atom is 0.161 e. The first-order valence-corrected chi connectivity index (χ1v) is 7.39. The second-order valence-electron chi connectivity index (χ2n) is 4.24. The number of hydrogen-bond acceptors (Lipinski definition) is 2. The van der Waals surface area contributed by atoms with Crippen LogP contribution in [0.25, 0.3) is 22.5 Å². The predicted molar refractivity (Wildman–Crippen MR) is 81.4 cm³/mol. The van der Waals surface area contributed by atoms with Crippen molar-refractivity contribution in [1.82, 2.24) is 0 Å². The van der Waals surface area contributed by atoms with Crippen LogP contribution < -0.4 is 0 Å². The van der Waals surface area contributed by atoms with Gasteiger partial charge >= 0.3 is 0 Å². The maximum absolute atomic E-state index is 5.97. The lowest BCUT2D eigenvalue weighted by atomic mass is 10.0. The van der Waals surface area contributed by atoms with E-state index in [2.05, 4.69) is 42.5 Å². The lowest BCUT2D eigenvalue weighted by molar-refractivity contribution is 0.489. The Morgan fingerprint density at radius 3 is 1.95 bits per heavy atom. The maximum atomic E-state index is 5.97. The molecule has 3 aromatic rings. The third-order valence-electron chi connectivity index (χ3n) is 3.03. The van der Waals surface area contributed by atoms with Gasteiger partial charge in [-0.15, -0.1) is 0 Å². The Labute approximate surface area is 117 Å². The van der Waals surface area contributed by atoms with Crippen LogP contribution >= 0.6 is 11.8 Å². The summed E-state index contributed by atoms with van der Waals surface area (Å²) in [6.07, 6.45) is 2.03. The van der Waals surface area contributed by atoms with Crippen molar-refractivity contribution in [1.29, 1.82) is 0 Å². The molecule has 19 heavy (non-hydrogen) atoms. The summed E-state index contributed by atoms with van der Waals surface area (Å²) in [5.74, 6) is 0.941. The van der Waals surface area contributed by atoms with Gasteiger partial charge in [0.1, 0.15) is 5.76 Å². The van der Waals surface area contributed by atoms with Gasteiger partial charge in [-0.1, -0.05) is 72.4 Å². The first-order chi connectivity index (χ1) is 9.38. The second kappa shape index (κ2) is 5.37. The van der Waals surface area contributed by atoms with E-state index in [1.807, 2.05) is 30.5 Å². The summed E-state index contributed by atoms with van der Waals surface area (Å²) < 4.78 is 5.97. The minimum Gasteiger partial charge on any atom is -0.449 e. The van der Waals surface area contributed by atoms with Crippen molar-refractivity contribution in [3.05, 3.63) is 66.7 Å². The number of furan rings is 1. The van der Waals surface area contributed by atoms with E-state index < -0.39 is 0 Å². The van der Waals surface area contributed by atoms with E-state index in [0.717, 1.165) is 22.0 Å². The summed E-state index contributed by atoms with van der Waals surface area (Å²) in [4.78, 5) is 0. The first kappa shape index (κ1) is 12.1. The largest absolute Gasteiger partial charge is 0.449 e. The summed E-state index contributed by atoms with van der Waals surface area (Å²) in [6.45, 7) is 0. The summed E-state index contributed by atoms with van der Waals surface area (Å²) in [5.41, 5.74) is 3.45. The van der Waals surface area contributed by atoms with E-state index in [1.165, 1.54) is 5.56 Å². The number of rotatable bonds is 3. The number of thioether (sulfide) groups is 1. The molecule has 0 saturated heterocycles. The molecular formula is C17H14OS. The van der Waals surface area contributed by atoms with Crippen LogP contribution in [0.2, 0.25) is 0 Å². The van der Waals surface area contributed by atoms with Gasteiger partial charge in [-0.05, 0) is 17.9 Å². The van der Waals surface area contributed by atoms with E-state index in [-0.39, 0.29) is 0 Å². The van der Waals surface area contributed by atoms with Crippen LogP contribution in [0.4, 0.5) is 0 Å². The lowest BCUT2D eigenvalue weighted by Crippen LogP contribution is -1.78. The average molecular weight is 266 g/mol. The van der Waals surface area contributed by atoms with E-state index in [9.17, 15) is 0 Å². The van der Waals surface area contributed by atoms with Gasteiger partial charge in [0.2, 0.25) is 0 Å². The molecule has 1 heterocycles. The molecule has 0 atom stereocenters. The molecule has 0 spiro atoms. The van der Waals surface area contributed by atoms with Crippen LogP contribution in [-0.2, 0) is 0 Å². The smallest absolute Gasteiger partial charge is 0.161 e. The molecule has 0 aliphatic rings. The molecule has 94 valence electrons. The van der Waals surface area contributed by atoms with Gasteiger partial charge in [0.25, 0.3) is 0 Å². The molecule has 0 N–H and O–H groups in total. The number of benzene rings is 2. The Kier molecular flexibility index (Phi) is 3.43. The molecule has 0 bridgehead atoms. The quantitative estimate of drug-likeness (QED) is 0.594. The lowest BCUT2D eigenvalue weighted by Gasteiger charge is -2.02. The fourth-order valence-corrected chi connectivity index (χ4v) is 2.51. The van der Waals surface area contributed by atoms with Gasteiger partial charge in [0.15, 0.2) is 5.09 Å². The van der Waals surface area contributed by atoms with Gasteiger partial charge in [-0.3, -0.25) is 0 Å². The number of hydrogen-bond donors (Lipinski definition) is 0. The van der Waals surface area contributed by atoms with Gasteiger partial charge in [0.05, 0.1) is 0 Å². The highest BCUT2D eigenvalue weighted by Crippen LogP contribution is 2.37. The van der Waals surface area contributed by atoms with Crippen LogP contribution in [0.1, 0.15) is 0 Å². The molecule has 0 aliphatic carbocycles. The molecule has 1 nitrogen and oxygen atoms in total. The third kappa shape index (κ3) is 2.45. The molecular weight excluding hydrogens is 252 g/mol. The molecule has 0 unspecified atom stereocenters. The summed E-state index contributed by atoms with van der Waals surface area (Å²) in [6, 6.07) is 22.7. The standard InChI is InChI=1S/C17H14OS/c1-19-16-12-15(13-8-4-2-5-9-13)17(18-16)14-10-6-3-7-11-14/h2-12H,1H3. The molecule has 0 aliphatic heterocycles. The van der Waals surface area contributed by atoms with E-state index >= 15 is 0 Å². The van der Waals surface area contributed by atoms with Crippen molar-refractivity contribution in [2.45, 2.75) is 5.09 Å². The Bertz CT molecular complexity index is 599. The highest BCUT2D eigenvalue weighted by Gasteiger charge is 2.13. The zero-order chi connectivity index (χ0) is 13.1. The van der Waals surface area contributed by atoms with Crippen LogP contribution in [0.15, 0.2) is 76.2 Å². The van der Waals surface area contributed by atoms with E-state index in [0.29, 0.717) is 0 Å². The van der Waals surface area contributed by atoms with Crippen LogP contribution in [0.3, 0.4) is 0 Å². The molecule has 3 rings (SSSR count). The molecule has 0 amide bonds. The van der Waals surface area contributed by atoms with Crippen LogP contribution in [0.5, 0.6) is 0 Å². The van der Waals surface area contributed by atoms with Gasteiger partial charge in [0, 0.05) is 11.1 Å². The van der Waals surface area contributed by atoms with Gasteiger partial charge in [-0.25, -0.2) is 0 Å². The molecule has 0 radical (unpaired) electrons. The molecule has 2 heteroatoms. The third-order valence-corrected chi connectivity index (χ3v) is 3.63.